The van der Waals surface area contributed by atoms with Crippen LogP contribution >= 0.6 is 0 Å². The fraction of sp³-hybridized carbons (Fsp3) is 0.133. The summed E-state index contributed by atoms with van der Waals surface area (Å²) in [6.07, 6.45) is 0. The Balaban J connectivity index is 2.22. The summed E-state index contributed by atoms with van der Waals surface area (Å²) in [5, 5.41) is 19.6. The van der Waals surface area contributed by atoms with E-state index in [4.69, 9.17) is 10.00 Å². The second kappa shape index (κ2) is 6.01. The van der Waals surface area contributed by atoms with Crippen LogP contribution in [0.2, 0.25) is 0 Å². The highest BCUT2D eigenvalue weighted by Gasteiger charge is 2.15. The van der Waals surface area contributed by atoms with Gasteiger partial charge in [0.2, 0.25) is 0 Å². The van der Waals surface area contributed by atoms with Gasteiger partial charge in [-0.2, -0.15) is 5.26 Å². The molecule has 0 fully saturated rings. The average molecular weight is 286 g/mol. The van der Waals surface area contributed by atoms with Crippen molar-refractivity contribution in [2.75, 3.05) is 0 Å². The molecular formula is C15H11FN2O3. The van der Waals surface area contributed by atoms with Crippen molar-refractivity contribution < 1.29 is 14.1 Å². The van der Waals surface area contributed by atoms with Crippen LogP contribution in [-0.4, -0.2) is 4.92 Å². The largest absolute Gasteiger partial charge is 0.482 e. The molecule has 5 nitrogen and oxygen atoms in total. The van der Waals surface area contributed by atoms with Crippen molar-refractivity contribution in [3.8, 4) is 11.8 Å². The van der Waals surface area contributed by atoms with E-state index in [1.165, 1.54) is 24.3 Å². The van der Waals surface area contributed by atoms with E-state index in [1.807, 2.05) is 6.07 Å². The van der Waals surface area contributed by atoms with Crippen LogP contribution in [-0.2, 0) is 6.61 Å². The molecule has 0 spiro atoms. The predicted molar refractivity (Wildman–Crippen MR) is 73.3 cm³/mol. The van der Waals surface area contributed by atoms with Crippen LogP contribution in [0.4, 0.5) is 10.1 Å². The molecule has 0 aliphatic heterocycles. The Morgan fingerprint density at radius 2 is 2.10 bits per heavy atom. The van der Waals surface area contributed by atoms with Gasteiger partial charge in [-0.15, -0.1) is 0 Å². The van der Waals surface area contributed by atoms with E-state index < -0.39 is 10.7 Å². The highest BCUT2D eigenvalue weighted by molar-refractivity contribution is 5.48. The molecule has 0 radical (unpaired) electrons. The lowest BCUT2D eigenvalue weighted by atomic mass is 10.1. The van der Waals surface area contributed by atoms with Gasteiger partial charge in [0.15, 0.2) is 5.75 Å². The Kier molecular flexibility index (Phi) is 4.14. The number of nitrogens with zero attached hydrogens (tertiary/aromatic N) is 2. The maximum absolute atomic E-state index is 13.7. The van der Waals surface area contributed by atoms with E-state index >= 15 is 0 Å². The van der Waals surface area contributed by atoms with E-state index in [-0.39, 0.29) is 29.2 Å². The van der Waals surface area contributed by atoms with Crippen LogP contribution < -0.4 is 4.74 Å². The first-order chi connectivity index (χ1) is 10.0. The summed E-state index contributed by atoms with van der Waals surface area (Å²) < 4.78 is 19.1. The van der Waals surface area contributed by atoms with Gasteiger partial charge in [-0.1, -0.05) is 12.1 Å². The van der Waals surface area contributed by atoms with Crippen molar-refractivity contribution in [1.82, 2.24) is 0 Å². The predicted octanol–water partition coefficient (Wildman–Crippen LogP) is 3.49. The lowest BCUT2D eigenvalue weighted by Gasteiger charge is -2.08. The molecule has 0 amide bonds. The standard InChI is InChI=1S/C15H11FN2O3/c1-10-2-5-14(18(19)20)15(6-10)21-9-12-4-3-11(8-17)7-13(12)16/h2-7H,9H2,1H3. The summed E-state index contributed by atoms with van der Waals surface area (Å²) in [6.45, 7) is 1.63. The molecule has 0 heterocycles. The molecule has 0 bridgehead atoms. The fourth-order valence-electron chi connectivity index (χ4n) is 1.78. The quantitative estimate of drug-likeness (QED) is 0.636. The van der Waals surface area contributed by atoms with Gasteiger partial charge < -0.3 is 4.74 Å². The molecule has 2 aromatic carbocycles. The highest BCUT2D eigenvalue weighted by Crippen LogP contribution is 2.28. The van der Waals surface area contributed by atoms with Crippen molar-refractivity contribution in [2.24, 2.45) is 0 Å². The zero-order valence-electron chi connectivity index (χ0n) is 11.2. The lowest BCUT2D eigenvalue weighted by molar-refractivity contribution is -0.386. The van der Waals surface area contributed by atoms with Crippen molar-refractivity contribution >= 4 is 5.69 Å². The second-order valence-electron chi connectivity index (χ2n) is 4.43. The number of aryl methyl sites for hydroxylation is 1. The van der Waals surface area contributed by atoms with Gasteiger partial charge in [0.05, 0.1) is 16.6 Å². The van der Waals surface area contributed by atoms with E-state index in [9.17, 15) is 14.5 Å². The number of benzene rings is 2. The molecule has 0 saturated heterocycles. The first-order valence-electron chi connectivity index (χ1n) is 6.07. The molecule has 2 aromatic rings. The maximum Gasteiger partial charge on any atom is 0.310 e. The number of hydrogen-bond acceptors (Lipinski definition) is 4. The van der Waals surface area contributed by atoms with Crippen molar-refractivity contribution in [2.45, 2.75) is 13.5 Å². The van der Waals surface area contributed by atoms with Crippen LogP contribution in [0.5, 0.6) is 5.75 Å². The van der Waals surface area contributed by atoms with Crippen LogP contribution in [0, 0.1) is 34.2 Å². The number of nitro benzene ring substituents is 1. The second-order valence-corrected chi connectivity index (χ2v) is 4.43. The van der Waals surface area contributed by atoms with Gasteiger partial charge in [-0.05, 0) is 30.7 Å². The Labute approximate surface area is 120 Å². The third-order valence-corrected chi connectivity index (χ3v) is 2.88. The molecule has 0 unspecified atom stereocenters. The molecule has 21 heavy (non-hydrogen) atoms. The minimum Gasteiger partial charge on any atom is -0.482 e. The van der Waals surface area contributed by atoms with E-state index in [0.717, 1.165) is 11.6 Å². The Morgan fingerprint density at radius 1 is 1.33 bits per heavy atom. The zero-order valence-corrected chi connectivity index (χ0v) is 11.2. The molecule has 0 atom stereocenters. The summed E-state index contributed by atoms with van der Waals surface area (Å²) in [6, 6.07) is 10.3. The van der Waals surface area contributed by atoms with Gasteiger partial charge in [-0.25, -0.2) is 4.39 Å². The van der Waals surface area contributed by atoms with Gasteiger partial charge in [-0.3, -0.25) is 10.1 Å². The third-order valence-electron chi connectivity index (χ3n) is 2.88. The number of ether oxygens (including phenoxy) is 1. The van der Waals surface area contributed by atoms with E-state index in [2.05, 4.69) is 0 Å². The Hall–Kier alpha value is -2.94. The van der Waals surface area contributed by atoms with Crippen molar-refractivity contribution in [3.63, 3.8) is 0 Å². The molecular weight excluding hydrogens is 275 g/mol. The molecule has 2 rings (SSSR count). The third kappa shape index (κ3) is 3.34. The van der Waals surface area contributed by atoms with Crippen molar-refractivity contribution in [3.05, 3.63) is 69.0 Å². The van der Waals surface area contributed by atoms with Crippen LogP contribution in [0.25, 0.3) is 0 Å². The fourth-order valence-corrected chi connectivity index (χ4v) is 1.78. The highest BCUT2D eigenvalue weighted by atomic mass is 19.1. The van der Waals surface area contributed by atoms with Gasteiger partial charge in [0.25, 0.3) is 0 Å². The SMILES string of the molecule is Cc1ccc([N+](=O)[O-])c(OCc2ccc(C#N)cc2F)c1. The molecule has 0 aliphatic carbocycles. The summed E-state index contributed by atoms with van der Waals surface area (Å²) in [5.41, 5.74) is 1.06. The van der Waals surface area contributed by atoms with Gasteiger partial charge in [0.1, 0.15) is 12.4 Å². The smallest absolute Gasteiger partial charge is 0.310 e. The van der Waals surface area contributed by atoms with Crippen molar-refractivity contribution in [1.29, 1.82) is 5.26 Å². The number of nitriles is 1. The normalized spacial score (nSPS) is 9.95. The minimum atomic E-state index is -0.579. The van der Waals surface area contributed by atoms with Crippen LogP contribution in [0.15, 0.2) is 36.4 Å². The Morgan fingerprint density at radius 3 is 2.71 bits per heavy atom. The number of halogens is 1. The van der Waals surface area contributed by atoms with E-state index in [1.54, 1.807) is 13.0 Å². The zero-order chi connectivity index (χ0) is 15.4. The summed E-state index contributed by atoms with van der Waals surface area (Å²) in [7, 11) is 0. The number of hydrogen-bond donors (Lipinski definition) is 0. The molecule has 0 saturated carbocycles. The first kappa shape index (κ1) is 14.5. The number of nitro groups is 1. The van der Waals surface area contributed by atoms with Gasteiger partial charge in [0, 0.05) is 11.6 Å². The van der Waals surface area contributed by atoms with Gasteiger partial charge >= 0.3 is 5.69 Å². The maximum atomic E-state index is 13.7. The lowest BCUT2D eigenvalue weighted by Crippen LogP contribution is -2.01. The monoisotopic (exact) mass is 286 g/mol. The Bertz CT molecular complexity index is 738. The summed E-state index contributed by atoms with van der Waals surface area (Å²) >= 11 is 0. The molecule has 6 heteroatoms. The molecule has 106 valence electrons. The number of rotatable bonds is 4. The average Bonchev–Trinajstić information content (AvgIpc) is 2.45. The molecule has 0 aliphatic rings. The minimum absolute atomic E-state index is 0.0868. The summed E-state index contributed by atoms with van der Waals surface area (Å²) in [5.74, 6) is -0.492. The molecule has 0 N–H and O–H groups in total. The molecule has 0 aromatic heterocycles. The van der Waals surface area contributed by atoms with Crippen LogP contribution in [0.1, 0.15) is 16.7 Å². The summed E-state index contributed by atoms with van der Waals surface area (Å²) in [4.78, 5) is 10.4. The van der Waals surface area contributed by atoms with Crippen LogP contribution in [0.3, 0.4) is 0 Å². The first-order valence-corrected chi connectivity index (χ1v) is 6.07. The van der Waals surface area contributed by atoms with E-state index in [0.29, 0.717) is 0 Å². The topological polar surface area (TPSA) is 76.2 Å².